The van der Waals surface area contributed by atoms with Crippen molar-refractivity contribution in [3.8, 4) is 6.07 Å². The van der Waals surface area contributed by atoms with Crippen LogP contribution >= 0.6 is 0 Å². The third-order valence-corrected chi connectivity index (χ3v) is 3.48. The minimum absolute atomic E-state index is 0.304. The molecule has 0 spiro atoms. The number of hydrogen-bond donors (Lipinski definition) is 1. The fourth-order valence-corrected chi connectivity index (χ4v) is 2.21. The highest BCUT2D eigenvalue weighted by atomic mass is 19.1. The smallest absolute Gasteiger partial charge is 0.123 e. The van der Waals surface area contributed by atoms with Gasteiger partial charge in [0.2, 0.25) is 0 Å². The van der Waals surface area contributed by atoms with E-state index >= 15 is 0 Å². The van der Waals surface area contributed by atoms with Gasteiger partial charge in [0.05, 0.1) is 17.2 Å². The molecule has 0 aliphatic heterocycles. The van der Waals surface area contributed by atoms with Crippen LogP contribution in [0, 0.1) is 24.1 Å². The van der Waals surface area contributed by atoms with E-state index in [1.807, 2.05) is 13.0 Å². The van der Waals surface area contributed by atoms with Gasteiger partial charge >= 0.3 is 0 Å². The molecule has 2 aromatic rings. The molecular weight excluding hydrogens is 253 g/mol. The number of aliphatic hydroxyl groups is 1. The summed E-state index contributed by atoms with van der Waals surface area (Å²) < 4.78 is 13.3. The first-order valence-corrected chi connectivity index (χ1v) is 6.40. The first kappa shape index (κ1) is 14.2. The Morgan fingerprint density at radius 2 is 1.85 bits per heavy atom. The predicted molar refractivity (Wildman–Crippen MR) is 75.6 cm³/mol. The molecule has 20 heavy (non-hydrogen) atoms. The molecule has 0 heterocycles. The van der Waals surface area contributed by atoms with E-state index in [1.165, 1.54) is 12.1 Å². The molecule has 3 heteroatoms. The Labute approximate surface area is 118 Å². The molecule has 102 valence electrons. The van der Waals surface area contributed by atoms with Crippen LogP contribution in [0.25, 0.3) is 0 Å². The Kier molecular flexibility index (Phi) is 3.87. The number of halogens is 1. The number of rotatable bonds is 3. The van der Waals surface area contributed by atoms with Crippen molar-refractivity contribution in [1.82, 2.24) is 0 Å². The van der Waals surface area contributed by atoms with Crippen LogP contribution < -0.4 is 0 Å². The second-order valence-corrected chi connectivity index (χ2v) is 5.21. The minimum Gasteiger partial charge on any atom is -0.385 e. The van der Waals surface area contributed by atoms with E-state index in [9.17, 15) is 9.50 Å². The largest absolute Gasteiger partial charge is 0.385 e. The van der Waals surface area contributed by atoms with Crippen molar-refractivity contribution in [2.45, 2.75) is 25.9 Å². The number of aryl methyl sites for hydroxylation is 1. The molecule has 1 unspecified atom stereocenters. The van der Waals surface area contributed by atoms with Gasteiger partial charge in [0.1, 0.15) is 5.82 Å². The average Bonchev–Trinajstić information content (AvgIpc) is 2.43. The van der Waals surface area contributed by atoms with Crippen molar-refractivity contribution >= 4 is 0 Å². The van der Waals surface area contributed by atoms with Gasteiger partial charge in [-0.25, -0.2) is 4.39 Å². The molecule has 2 nitrogen and oxygen atoms in total. The number of hydrogen-bond acceptors (Lipinski definition) is 2. The molecule has 0 saturated carbocycles. The zero-order valence-electron chi connectivity index (χ0n) is 11.5. The van der Waals surface area contributed by atoms with E-state index in [4.69, 9.17) is 5.26 Å². The molecular formula is C17H16FNO. The molecule has 0 radical (unpaired) electrons. The third-order valence-electron chi connectivity index (χ3n) is 3.48. The van der Waals surface area contributed by atoms with Crippen LogP contribution in [-0.2, 0) is 12.0 Å². The maximum absolute atomic E-state index is 13.3. The molecule has 1 atom stereocenters. The summed E-state index contributed by atoms with van der Waals surface area (Å²) in [6, 6.07) is 13.4. The molecule has 2 rings (SSSR count). The second-order valence-electron chi connectivity index (χ2n) is 5.21. The number of benzene rings is 2. The van der Waals surface area contributed by atoms with Crippen molar-refractivity contribution < 1.29 is 9.50 Å². The van der Waals surface area contributed by atoms with Gasteiger partial charge in [-0.3, -0.25) is 0 Å². The number of nitrogens with zero attached hydrogens (tertiary/aromatic N) is 1. The van der Waals surface area contributed by atoms with Crippen LogP contribution in [0.5, 0.6) is 0 Å². The summed E-state index contributed by atoms with van der Waals surface area (Å²) in [6.07, 6.45) is 0.322. The standard InChI is InChI=1S/C17H16FNO/c1-12-3-8-16(18)9-14(12)10-17(2,20)15-6-4-13(11-19)5-7-15/h3-9,20H,10H2,1-2H3. The third kappa shape index (κ3) is 3.04. The van der Waals surface area contributed by atoms with E-state index in [1.54, 1.807) is 37.3 Å². The predicted octanol–water partition coefficient (Wildman–Crippen LogP) is 3.46. The van der Waals surface area contributed by atoms with E-state index in [2.05, 4.69) is 0 Å². The Balaban J connectivity index is 2.30. The summed E-state index contributed by atoms with van der Waals surface area (Å²) in [5, 5.41) is 19.4. The summed E-state index contributed by atoms with van der Waals surface area (Å²) in [5.74, 6) is -0.304. The van der Waals surface area contributed by atoms with Crippen LogP contribution in [0.15, 0.2) is 42.5 Å². The van der Waals surface area contributed by atoms with E-state index < -0.39 is 5.60 Å². The van der Waals surface area contributed by atoms with Crippen LogP contribution in [0.2, 0.25) is 0 Å². The first-order valence-electron chi connectivity index (χ1n) is 6.40. The lowest BCUT2D eigenvalue weighted by Gasteiger charge is -2.25. The zero-order valence-corrected chi connectivity index (χ0v) is 11.5. The van der Waals surface area contributed by atoms with Crippen molar-refractivity contribution in [2.75, 3.05) is 0 Å². The quantitative estimate of drug-likeness (QED) is 0.927. The summed E-state index contributed by atoms with van der Waals surface area (Å²) >= 11 is 0. The van der Waals surface area contributed by atoms with Crippen LogP contribution in [0.1, 0.15) is 29.2 Å². The fourth-order valence-electron chi connectivity index (χ4n) is 2.21. The summed E-state index contributed by atoms with van der Waals surface area (Å²) in [5.41, 5.74) is 1.87. The number of nitriles is 1. The summed E-state index contributed by atoms with van der Waals surface area (Å²) in [7, 11) is 0. The van der Waals surface area contributed by atoms with Gasteiger partial charge in [0, 0.05) is 6.42 Å². The van der Waals surface area contributed by atoms with Crippen molar-refractivity contribution in [2.24, 2.45) is 0 Å². The summed E-state index contributed by atoms with van der Waals surface area (Å²) in [6.45, 7) is 3.59. The Morgan fingerprint density at radius 1 is 1.20 bits per heavy atom. The molecule has 0 fully saturated rings. The Hall–Kier alpha value is -2.18. The SMILES string of the molecule is Cc1ccc(F)cc1CC(C)(O)c1ccc(C#N)cc1. The molecule has 0 aromatic heterocycles. The maximum Gasteiger partial charge on any atom is 0.123 e. The van der Waals surface area contributed by atoms with Crippen molar-refractivity contribution in [1.29, 1.82) is 5.26 Å². The lowest BCUT2D eigenvalue weighted by atomic mass is 9.87. The Morgan fingerprint density at radius 3 is 2.45 bits per heavy atom. The van der Waals surface area contributed by atoms with Crippen LogP contribution in [0.4, 0.5) is 4.39 Å². The molecule has 0 aliphatic rings. The van der Waals surface area contributed by atoms with E-state index in [-0.39, 0.29) is 5.82 Å². The van der Waals surface area contributed by atoms with Crippen molar-refractivity contribution in [3.05, 3.63) is 70.5 Å². The topological polar surface area (TPSA) is 44.0 Å². The average molecular weight is 269 g/mol. The molecule has 1 N–H and O–H groups in total. The van der Waals surface area contributed by atoms with Gasteiger partial charge in [-0.05, 0) is 54.8 Å². The second kappa shape index (κ2) is 5.44. The molecule has 0 saturated heterocycles. The van der Waals surface area contributed by atoms with Gasteiger partial charge in [-0.2, -0.15) is 5.26 Å². The van der Waals surface area contributed by atoms with Crippen LogP contribution in [0.3, 0.4) is 0 Å². The van der Waals surface area contributed by atoms with E-state index in [0.29, 0.717) is 17.5 Å². The van der Waals surface area contributed by atoms with Gasteiger partial charge in [0.25, 0.3) is 0 Å². The highest BCUT2D eigenvalue weighted by Gasteiger charge is 2.24. The van der Waals surface area contributed by atoms with Crippen LogP contribution in [-0.4, -0.2) is 5.11 Å². The first-order chi connectivity index (χ1) is 9.42. The van der Waals surface area contributed by atoms with E-state index in [0.717, 1.165) is 11.1 Å². The highest BCUT2D eigenvalue weighted by molar-refractivity contribution is 5.36. The van der Waals surface area contributed by atoms with Crippen molar-refractivity contribution in [3.63, 3.8) is 0 Å². The Bertz CT molecular complexity index is 654. The normalized spacial score (nSPS) is 13.6. The molecule has 2 aromatic carbocycles. The van der Waals surface area contributed by atoms with Gasteiger partial charge in [-0.1, -0.05) is 18.2 Å². The zero-order chi connectivity index (χ0) is 14.8. The molecule has 0 bridgehead atoms. The van der Waals surface area contributed by atoms with Gasteiger partial charge in [0.15, 0.2) is 0 Å². The lowest BCUT2D eigenvalue weighted by Crippen LogP contribution is -2.24. The maximum atomic E-state index is 13.3. The fraction of sp³-hybridized carbons (Fsp3) is 0.235. The molecule has 0 amide bonds. The highest BCUT2D eigenvalue weighted by Crippen LogP contribution is 2.27. The molecule has 0 aliphatic carbocycles. The van der Waals surface area contributed by atoms with Gasteiger partial charge in [-0.15, -0.1) is 0 Å². The minimum atomic E-state index is -1.10. The lowest BCUT2D eigenvalue weighted by molar-refractivity contribution is 0.0574. The van der Waals surface area contributed by atoms with Gasteiger partial charge < -0.3 is 5.11 Å². The monoisotopic (exact) mass is 269 g/mol. The summed E-state index contributed by atoms with van der Waals surface area (Å²) in [4.78, 5) is 0.